The number of nitrogen functional groups attached to an aromatic ring is 1. The fourth-order valence-electron chi connectivity index (χ4n) is 1.28. The maximum Gasteiger partial charge on any atom is 0.150 e. The van der Waals surface area contributed by atoms with Crippen LogP contribution in [0.25, 0.3) is 0 Å². The highest BCUT2D eigenvalue weighted by atomic mass is 35.5. The Bertz CT molecular complexity index is 517. The lowest BCUT2D eigenvalue weighted by Crippen LogP contribution is -2.08. The van der Waals surface area contributed by atoms with Crippen molar-refractivity contribution < 1.29 is 4.74 Å². The van der Waals surface area contributed by atoms with E-state index in [4.69, 9.17) is 22.2 Å². The minimum atomic E-state index is 0.277. The van der Waals surface area contributed by atoms with Gasteiger partial charge in [-0.25, -0.2) is 5.84 Å². The molecule has 2 rings (SSSR count). The molecule has 0 saturated heterocycles. The van der Waals surface area contributed by atoms with Crippen molar-refractivity contribution in [3.05, 3.63) is 34.5 Å². The van der Waals surface area contributed by atoms with E-state index in [-0.39, 0.29) is 6.61 Å². The molecule has 90 valence electrons. The van der Waals surface area contributed by atoms with Gasteiger partial charge >= 0.3 is 0 Å². The summed E-state index contributed by atoms with van der Waals surface area (Å²) in [7, 11) is 0. The molecule has 0 saturated carbocycles. The lowest BCUT2D eigenvalue weighted by atomic mass is 10.2. The molecule has 7 heteroatoms. The molecule has 0 fully saturated rings. The number of hydrazine groups is 1. The predicted octanol–water partition coefficient (Wildman–Crippen LogP) is 2.36. The SMILES string of the molecule is Cc1ccc(OCc2nnsc2NN)c(Cl)c1. The van der Waals surface area contributed by atoms with E-state index in [9.17, 15) is 0 Å². The van der Waals surface area contributed by atoms with Gasteiger partial charge in [-0.1, -0.05) is 22.2 Å². The first-order chi connectivity index (χ1) is 8.20. The van der Waals surface area contributed by atoms with Crippen molar-refractivity contribution in [3.8, 4) is 5.75 Å². The Morgan fingerprint density at radius 2 is 2.35 bits per heavy atom. The monoisotopic (exact) mass is 270 g/mol. The van der Waals surface area contributed by atoms with Gasteiger partial charge in [0.15, 0.2) is 5.00 Å². The molecule has 1 aromatic heterocycles. The summed E-state index contributed by atoms with van der Waals surface area (Å²) in [5, 5.41) is 5.17. The molecule has 0 atom stereocenters. The van der Waals surface area contributed by atoms with E-state index in [1.807, 2.05) is 25.1 Å². The molecule has 2 aromatic rings. The second kappa shape index (κ2) is 5.31. The van der Waals surface area contributed by atoms with E-state index in [0.29, 0.717) is 21.5 Å². The first-order valence-corrected chi connectivity index (χ1v) is 6.02. The Morgan fingerprint density at radius 3 is 3.06 bits per heavy atom. The number of rotatable bonds is 4. The quantitative estimate of drug-likeness (QED) is 0.659. The number of hydrogen-bond acceptors (Lipinski definition) is 6. The summed E-state index contributed by atoms with van der Waals surface area (Å²) in [5.41, 5.74) is 4.26. The summed E-state index contributed by atoms with van der Waals surface area (Å²) < 4.78 is 9.33. The molecule has 0 aliphatic heterocycles. The second-order valence-corrected chi connectivity index (χ2v) is 4.58. The molecule has 0 amide bonds. The third-order valence-corrected chi connectivity index (χ3v) is 3.13. The Kier molecular flexibility index (Phi) is 3.78. The maximum absolute atomic E-state index is 6.04. The summed E-state index contributed by atoms with van der Waals surface area (Å²) in [6.07, 6.45) is 0. The molecular weight excluding hydrogens is 260 g/mol. The summed E-state index contributed by atoms with van der Waals surface area (Å²) in [6.45, 7) is 2.25. The first kappa shape index (κ1) is 12.1. The predicted molar refractivity (Wildman–Crippen MR) is 68.2 cm³/mol. The average molecular weight is 271 g/mol. The van der Waals surface area contributed by atoms with Crippen LogP contribution in [0.1, 0.15) is 11.3 Å². The van der Waals surface area contributed by atoms with Gasteiger partial charge in [-0.2, -0.15) is 0 Å². The summed E-state index contributed by atoms with van der Waals surface area (Å²) >= 11 is 7.23. The van der Waals surface area contributed by atoms with E-state index in [0.717, 1.165) is 5.56 Å². The topological polar surface area (TPSA) is 73.1 Å². The third kappa shape index (κ3) is 2.85. The fourth-order valence-corrected chi connectivity index (χ4v) is 2.05. The van der Waals surface area contributed by atoms with Crippen molar-refractivity contribution in [2.45, 2.75) is 13.5 Å². The van der Waals surface area contributed by atoms with E-state index < -0.39 is 0 Å². The highest BCUT2D eigenvalue weighted by Crippen LogP contribution is 2.26. The fraction of sp³-hybridized carbons (Fsp3) is 0.200. The second-order valence-electron chi connectivity index (χ2n) is 3.42. The van der Waals surface area contributed by atoms with Gasteiger partial charge in [0.25, 0.3) is 0 Å². The number of halogens is 1. The summed E-state index contributed by atoms with van der Waals surface area (Å²) in [4.78, 5) is 0. The van der Waals surface area contributed by atoms with Crippen molar-refractivity contribution in [1.82, 2.24) is 9.59 Å². The zero-order chi connectivity index (χ0) is 12.3. The number of nitrogens with one attached hydrogen (secondary N) is 1. The molecule has 0 unspecified atom stereocenters. The highest BCUT2D eigenvalue weighted by Gasteiger charge is 2.08. The van der Waals surface area contributed by atoms with Gasteiger partial charge in [-0.3, -0.25) is 0 Å². The number of nitrogens with two attached hydrogens (primary N) is 1. The number of ether oxygens (including phenoxy) is 1. The van der Waals surface area contributed by atoms with Gasteiger partial charge in [0.2, 0.25) is 0 Å². The van der Waals surface area contributed by atoms with Gasteiger partial charge < -0.3 is 10.2 Å². The standard InChI is InChI=1S/C10H11ClN4OS/c1-6-2-3-9(7(11)4-6)16-5-8-10(13-12)17-15-14-8/h2-4,13H,5,12H2,1H3. The van der Waals surface area contributed by atoms with Crippen molar-refractivity contribution in [3.63, 3.8) is 0 Å². The van der Waals surface area contributed by atoms with Crippen LogP contribution in [0.15, 0.2) is 18.2 Å². The van der Waals surface area contributed by atoms with Crippen LogP contribution in [0.3, 0.4) is 0 Å². The molecule has 0 bridgehead atoms. The van der Waals surface area contributed by atoms with Gasteiger partial charge in [-0.15, -0.1) is 5.10 Å². The molecule has 0 aliphatic carbocycles. The maximum atomic E-state index is 6.04. The van der Waals surface area contributed by atoms with E-state index >= 15 is 0 Å². The van der Waals surface area contributed by atoms with Crippen LogP contribution in [-0.4, -0.2) is 9.59 Å². The van der Waals surface area contributed by atoms with Crippen molar-refractivity contribution in [2.24, 2.45) is 5.84 Å². The lowest BCUT2D eigenvalue weighted by molar-refractivity contribution is 0.302. The van der Waals surface area contributed by atoms with Crippen LogP contribution in [0.5, 0.6) is 5.75 Å². The molecule has 3 N–H and O–H groups in total. The van der Waals surface area contributed by atoms with E-state index in [1.54, 1.807) is 0 Å². The molecule has 17 heavy (non-hydrogen) atoms. The summed E-state index contributed by atoms with van der Waals surface area (Å²) in [6, 6.07) is 5.61. The summed E-state index contributed by atoms with van der Waals surface area (Å²) in [5.74, 6) is 5.93. The molecule has 0 radical (unpaired) electrons. The Labute approximate surface area is 108 Å². The Morgan fingerprint density at radius 1 is 1.53 bits per heavy atom. The van der Waals surface area contributed by atoms with Crippen LogP contribution in [0.4, 0.5) is 5.00 Å². The Balaban J connectivity index is 2.07. The number of anilines is 1. The lowest BCUT2D eigenvalue weighted by Gasteiger charge is -2.07. The van der Waals surface area contributed by atoms with E-state index in [1.165, 1.54) is 11.5 Å². The van der Waals surface area contributed by atoms with Gasteiger partial charge in [-0.05, 0) is 24.6 Å². The van der Waals surface area contributed by atoms with Crippen LogP contribution in [0.2, 0.25) is 5.02 Å². The zero-order valence-corrected chi connectivity index (χ0v) is 10.7. The van der Waals surface area contributed by atoms with Crippen molar-refractivity contribution >= 4 is 28.1 Å². The van der Waals surface area contributed by atoms with E-state index in [2.05, 4.69) is 15.0 Å². The highest BCUT2D eigenvalue weighted by molar-refractivity contribution is 7.10. The molecule has 5 nitrogen and oxygen atoms in total. The molecule has 0 aliphatic rings. The van der Waals surface area contributed by atoms with Crippen LogP contribution in [-0.2, 0) is 6.61 Å². The Hall–Kier alpha value is -1.37. The number of nitrogens with zero attached hydrogens (tertiary/aromatic N) is 2. The molecule has 1 aromatic carbocycles. The first-order valence-electron chi connectivity index (χ1n) is 4.87. The molecular formula is C10H11ClN4OS. The van der Waals surface area contributed by atoms with Crippen molar-refractivity contribution in [1.29, 1.82) is 0 Å². The zero-order valence-electron chi connectivity index (χ0n) is 9.11. The molecule has 0 spiro atoms. The van der Waals surface area contributed by atoms with Crippen molar-refractivity contribution in [2.75, 3.05) is 5.43 Å². The number of benzene rings is 1. The molecule has 1 heterocycles. The number of aryl methyl sites for hydroxylation is 1. The minimum absolute atomic E-state index is 0.277. The van der Waals surface area contributed by atoms with Crippen LogP contribution >= 0.6 is 23.1 Å². The number of hydrogen-bond donors (Lipinski definition) is 2. The van der Waals surface area contributed by atoms with Crippen LogP contribution in [0, 0.1) is 6.92 Å². The third-order valence-electron chi connectivity index (χ3n) is 2.14. The normalized spacial score (nSPS) is 10.3. The average Bonchev–Trinajstić information content (AvgIpc) is 2.75. The van der Waals surface area contributed by atoms with Gasteiger partial charge in [0.05, 0.1) is 5.02 Å². The number of aromatic nitrogens is 2. The minimum Gasteiger partial charge on any atom is -0.486 e. The largest absolute Gasteiger partial charge is 0.486 e. The van der Waals surface area contributed by atoms with Gasteiger partial charge in [0, 0.05) is 11.5 Å². The van der Waals surface area contributed by atoms with Gasteiger partial charge in [0.1, 0.15) is 18.1 Å². The smallest absolute Gasteiger partial charge is 0.150 e. The van der Waals surface area contributed by atoms with Crippen LogP contribution < -0.4 is 16.0 Å².